The first-order chi connectivity index (χ1) is 35.2. The lowest BCUT2D eigenvalue weighted by Gasteiger charge is -2.11. The van der Waals surface area contributed by atoms with Crippen LogP contribution in [-0.2, 0) is 0 Å². The second kappa shape index (κ2) is 14.7. The number of hydrogen-bond donors (Lipinski definition) is 0. The molecule has 0 aliphatic rings. The zero-order chi connectivity index (χ0) is 46.3. The van der Waals surface area contributed by atoms with Crippen LogP contribution in [0, 0.1) is 0 Å². The van der Waals surface area contributed by atoms with Crippen molar-refractivity contribution in [1.29, 1.82) is 0 Å². The van der Waals surface area contributed by atoms with Crippen molar-refractivity contribution in [3.8, 4) is 39.6 Å². The summed E-state index contributed by atoms with van der Waals surface area (Å²) < 4.78 is 12.2. The largest absolute Gasteiger partial charge is 0.308 e. The Morgan fingerprint density at radius 3 is 1.72 bits per heavy atom. The maximum absolute atomic E-state index is 4.56. The molecule has 0 bridgehead atoms. The number of fused-ring (bicyclic) bond motifs is 17. The van der Waals surface area contributed by atoms with Crippen LogP contribution in [0.2, 0.25) is 0 Å². The Bertz CT molecular complexity index is 4870. The minimum Gasteiger partial charge on any atom is -0.308 e. The first-order valence-electron chi connectivity index (χ1n) is 23.7. The second-order valence-electron chi connectivity index (χ2n) is 18.3. The van der Waals surface area contributed by atoms with Crippen molar-refractivity contribution in [2.75, 3.05) is 0 Å². The van der Waals surface area contributed by atoms with E-state index in [9.17, 15) is 0 Å². The van der Waals surface area contributed by atoms with E-state index in [1.807, 2.05) is 41.1 Å². The standard InChI is InChI=1S/C62H35N7S2/c1-2-8-36(9-3-1)37-14-18-40(19-15-37)67-55-31-39(16-21-43(55)46-22-24-47-44-11-5-7-13-56(44)70-60(47)58(46)67)38-17-27-57-50(30-38)48-25-23-45-42-10-4-6-12-52(42)68(59(45)61(48)71-57)41-20-26-53-49(32-41)51-33-63-29-28-54(51)69(53)62-65-34-64-35-66-62/h1-35H. The highest BCUT2D eigenvalue weighted by atomic mass is 32.1. The number of nitrogens with zero attached hydrogens (tertiary/aromatic N) is 7. The normalized spacial score (nSPS) is 12.2. The van der Waals surface area contributed by atoms with Gasteiger partial charge in [-0.2, -0.15) is 0 Å². The van der Waals surface area contributed by atoms with Crippen LogP contribution < -0.4 is 0 Å². The molecule has 9 aromatic carbocycles. The fourth-order valence-electron chi connectivity index (χ4n) is 11.4. The van der Waals surface area contributed by atoms with Gasteiger partial charge >= 0.3 is 0 Å². The molecule has 0 unspecified atom stereocenters. The molecular formula is C62H35N7S2. The van der Waals surface area contributed by atoms with Gasteiger partial charge in [-0.05, 0) is 89.0 Å². The molecule has 7 heterocycles. The Balaban J connectivity index is 0.892. The number of benzene rings is 9. The average Bonchev–Trinajstić information content (AvgIpc) is 4.25. The van der Waals surface area contributed by atoms with Crippen LogP contribution in [-0.4, -0.2) is 33.6 Å². The van der Waals surface area contributed by atoms with Gasteiger partial charge in [-0.3, -0.25) is 9.55 Å². The minimum absolute atomic E-state index is 0.576. The Hall–Kier alpha value is -9.02. The predicted octanol–water partition coefficient (Wildman–Crippen LogP) is 16.6. The first kappa shape index (κ1) is 38.9. The van der Waals surface area contributed by atoms with Crippen molar-refractivity contribution < 1.29 is 0 Å². The van der Waals surface area contributed by atoms with Crippen molar-refractivity contribution in [3.05, 3.63) is 213 Å². The van der Waals surface area contributed by atoms with Crippen molar-refractivity contribution in [3.63, 3.8) is 0 Å². The molecular weight excluding hydrogens is 907 g/mol. The van der Waals surface area contributed by atoms with Gasteiger partial charge in [-0.15, -0.1) is 22.7 Å². The van der Waals surface area contributed by atoms with E-state index in [2.05, 4.69) is 216 Å². The first-order valence-corrected chi connectivity index (χ1v) is 25.3. The molecule has 0 amide bonds. The lowest BCUT2D eigenvalue weighted by atomic mass is 10.0. The topological polar surface area (TPSA) is 66.3 Å². The Kier molecular flexibility index (Phi) is 8.08. The van der Waals surface area contributed by atoms with Crippen LogP contribution in [0.1, 0.15) is 0 Å². The molecule has 0 radical (unpaired) electrons. The molecule has 71 heavy (non-hydrogen) atoms. The van der Waals surface area contributed by atoms with Crippen LogP contribution in [0.15, 0.2) is 213 Å². The molecule has 9 heteroatoms. The van der Waals surface area contributed by atoms with E-state index in [4.69, 9.17) is 0 Å². The maximum Gasteiger partial charge on any atom is 0.237 e. The number of thiophene rings is 2. The highest BCUT2D eigenvalue weighted by Crippen LogP contribution is 2.47. The smallest absolute Gasteiger partial charge is 0.237 e. The van der Waals surface area contributed by atoms with Crippen LogP contribution in [0.4, 0.5) is 0 Å². The third kappa shape index (κ3) is 5.58. The average molecular weight is 942 g/mol. The van der Waals surface area contributed by atoms with Gasteiger partial charge in [0, 0.05) is 87.0 Å². The molecule has 0 saturated heterocycles. The molecule has 0 fully saturated rings. The summed E-state index contributed by atoms with van der Waals surface area (Å²) in [7, 11) is 0. The van der Waals surface area contributed by atoms with E-state index in [0.29, 0.717) is 5.95 Å². The molecule has 330 valence electrons. The molecule has 0 atom stereocenters. The van der Waals surface area contributed by atoms with E-state index in [-0.39, 0.29) is 0 Å². The monoisotopic (exact) mass is 941 g/mol. The Morgan fingerprint density at radius 2 is 0.901 bits per heavy atom. The van der Waals surface area contributed by atoms with Gasteiger partial charge in [0.1, 0.15) is 12.7 Å². The van der Waals surface area contributed by atoms with E-state index < -0.39 is 0 Å². The van der Waals surface area contributed by atoms with Crippen molar-refractivity contribution in [1.82, 2.24) is 33.6 Å². The number of para-hydroxylation sites is 1. The molecule has 0 saturated carbocycles. The van der Waals surface area contributed by atoms with E-state index in [0.717, 1.165) is 38.7 Å². The summed E-state index contributed by atoms with van der Waals surface area (Å²) in [6.07, 6.45) is 6.85. The molecule has 0 spiro atoms. The zero-order valence-electron chi connectivity index (χ0n) is 37.7. The quantitative estimate of drug-likeness (QED) is 0.172. The highest BCUT2D eigenvalue weighted by Gasteiger charge is 2.22. The van der Waals surface area contributed by atoms with E-state index in [1.165, 1.54) is 101 Å². The summed E-state index contributed by atoms with van der Waals surface area (Å²) in [5, 5.41) is 12.2. The summed E-state index contributed by atoms with van der Waals surface area (Å²) in [5.74, 6) is 0.576. The minimum atomic E-state index is 0.576. The lowest BCUT2D eigenvalue weighted by Crippen LogP contribution is -2.01. The van der Waals surface area contributed by atoms with Crippen molar-refractivity contribution in [2.24, 2.45) is 0 Å². The summed E-state index contributed by atoms with van der Waals surface area (Å²) in [6, 6.07) is 69.5. The molecule has 16 aromatic rings. The van der Waals surface area contributed by atoms with E-state index in [1.54, 1.807) is 12.7 Å². The maximum atomic E-state index is 4.56. The molecule has 0 N–H and O–H groups in total. The Labute approximate surface area is 412 Å². The van der Waals surface area contributed by atoms with Gasteiger partial charge in [0.25, 0.3) is 0 Å². The van der Waals surface area contributed by atoms with Gasteiger partial charge in [-0.25, -0.2) is 15.0 Å². The van der Waals surface area contributed by atoms with Crippen molar-refractivity contribution in [2.45, 2.75) is 0 Å². The summed E-state index contributed by atoms with van der Waals surface area (Å²) in [6.45, 7) is 0. The fraction of sp³-hybridized carbons (Fsp3) is 0. The van der Waals surface area contributed by atoms with Gasteiger partial charge in [0.2, 0.25) is 5.95 Å². The Morgan fingerprint density at radius 1 is 0.324 bits per heavy atom. The van der Waals surface area contributed by atoms with Gasteiger partial charge in [-0.1, -0.05) is 121 Å². The molecule has 16 rings (SSSR count). The van der Waals surface area contributed by atoms with Crippen LogP contribution in [0.3, 0.4) is 0 Å². The zero-order valence-corrected chi connectivity index (χ0v) is 39.3. The molecule has 0 aliphatic heterocycles. The predicted molar refractivity (Wildman–Crippen MR) is 297 cm³/mol. The summed E-state index contributed by atoms with van der Waals surface area (Å²) >= 11 is 3.76. The van der Waals surface area contributed by atoms with E-state index >= 15 is 0 Å². The highest BCUT2D eigenvalue weighted by molar-refractivity contribution is 7.27. The molecule has 0 aliphatic carbocycles. The SMILES string of the molecule is c1ccc(-c2ccc(-n3c4cc(-c5ccc6sc7c(ccc8c9ccccc9n(-c9ccc%10c(c9)c9cnccc9n%10-c9ncncn9)c87)c6c5)ccc4c4ccc5c6ccccc6sc5c43)cc2)cc1. The third-order valence-electron chi connectivity index (χ3n) is 14.6. The summed E-state index contributed by atoms with van der Waals surface area (Å²) in [4.78, 5) is 17.7. The summed E-state index contributed by atoms with van der Waals surface area (Å²) in [5.41, 5.74) is 13.9. The third-order valence-corrected chi connectivity index (χ3v) is 17.0. The van der Waals surface area contributed by atoms with Crippen LogP contribution >= 0.6 is 22.7 Å². The lowest BCUT2D eigenvalue weighted by molar-refractivity contribution is 0.939. The molecule has 7 aromatic heterocycles. The van der Waals surface area contributed by atoms with Gasteiger partial charge in [0.05, 0.1) is 42.5 Å². The number of hydrogen-bond acceptors (Lipinski definition) is 6. The number of aromatic nitrogens is 7. The van der Waals surface area contributed by atoms with Crippen molar-refractivity contribution >= 4 is 128 Å². The second-order valence-corrected chi connectivity index (χ2v) is 20.4. The fourth-order valence-corrected chi connectivity index (χ4v) is 13.9. The van der Waals surface area contributed by atoms with Gasteiger partial charge < -0.3 is 9.13 Å². The number of pyridine rings is 1. The number of rotatable bonds is 5. The van der Waals surface area contributed by atoms with Gasteiger partial charge in [0.15, 0.2) is 0 Å². The van der Waals surface area contributed by atoms with Crippen LogP contribution in [0.25, 0.3) is 145 Å². The molecule has 7 nitrogen and oxygen atoms in total. The van der Waals surface area contributed by atoms with Crippen LogP contribution in [0.5, 0.6) is 0 Å².